The lowest BCUT2D eigenvalue weighted by Crippen LogP contribution is -2.55. The molecule has 1 aromatic carbocycles. The Labute approximate surface area is 141 Å². The molecule has 1 saturated heterocycles. The minimum atomic E-state index is -3.21. The van der Waals surface area contributed by atoms with Gasteiger partial charge >= 0.3 is 0 Å². The van der Waals surface area contributed by atoms with Gasteiger partial charge in [-0.25, -0.2) is 8.42 Å². The van der Waals surface area contributed by atoms with Crippen LogP contribution in [-0.4, -0.2) is 67.3 Å². The van der Waals surface area contributed by atoms with E-state index < -0.39 is 15.6 Å². The predicted octanol–water partition coefficient (Wildman–Crippen LogP) is 0.674. The molecule has 0 radical (unpaired) electrons. The molecule has 0 N–H and O–H groups in total. The smallest absolute Gasteiger partial charge is 0.269 e. The summed E-state index contributed by atoms with van der Waals surface area (Å²) in [6, 6.07) is 9.62. The highest BCUT2D eigenvalue weighted by Gasteiger charge is 2.45. The van der Waals surface area contributed by atoms with Crippen molar-refractivity contribution in [3.63, 3.8) is 0 Å². The maximum atomic E-state index is 12.8. The number of carbonyl (C=O) groups is 1. The summed E-state index contributed by atoms with van der Waals surface area (Å²) in [7, 11) is -3.21. The molecular weight excluding hydrogens is 330 g/mol. The van der Waals surface area contributed by atoms with Crippen molar-refractivity contribution < 1.29 is 18.0 Å². The van der Waals surface area contributed by atoms with Crippen LogP contribution in [0.15, 0.2) is 35.5 Å². The summed E-state index contributed by atoms with van der Waals surface area (Å²) in [5.41, 5.74) is 0.662. The zero-order valence-corrected chi connectivity index (χ0v) is 14.6. The number of sulfonamides is 1. The zero-order chi connectivity index (χ0) is 17.4. The number of nitrogens with zero attached hydrogens (tertiary/aromatic N) is 3. The molecule has 8 heteroatoms. The Balaban J connectivity index is 1.64. The highest BCUT2D eigenvalue weighted by molar-refractivity contribution is 7.88. The molecule has 1 fully saturated rings. The first-order chi connectivity index (χ1) is 11.3. The van der Waals surface area contributed by atoms with E-state index in [1.165, 1.54) is 10.6 Å². The van der Waals surface area contributed by atoms with Gasteiger partial charge in [-0.3, -0.25) is 4.79 Å². The van der Waals surface area contributed by atoms with E-state index in [9.17, 15) is 13.2 Å². The Hall–Kier alpha value is -1.93. The maximum absolute atomic E-state index is 12.8. The molecule has 24 heavy (non-hydrogen) atoms. The first-order valence-electron chi connectivity index (χ1n) is 7.84. The second-order valence-corrected chi connectivity index (χ2v) is 8.34. The van der Waals surface area contributed by atoms with Crippen molar-refractivity contribution >= 4 is 21.6 Å². The number of rotatable bonds is 3. The van der Waals surface area contributed by atoms with Crippen LogP contribution in [0.2, 0.25) is 0 Å². The van der Waals surface area contributed by atoms with Gasteiger partial charge < -0.3 is 9.74 Å². The lowest BCUT2D eigenvalue weighted by Gasteiger charge is -2.36. The number of piperazine rings is 1. The van der Waals surface area contributed by atoms with Crippen molar-refractivity contribution in [1.29, 1.82) is 0 Å². The third-order valence-corrected chi connectivity index (χ3v) is 5.72. The molecule has 7 nitrogen and oxygen atoms in total. The van der Waals surface area contributed by atoms with Crippen LogP contribution < -0.4 is 0 Å². The van der Waals surface area contributed by atoms with Gasteiger partial charge in [-0.1, -0.05) is 35.5 Å². The molecule has 2 aliphatic rings. The standard InChI is InChI=1S/C16H21N3O4S/c1-16(12-14(17-23-16)13-6-4-3-5-7-13)15(20)18-8-10-19(11-9-18)24(2,21)22/h3-7H,8-12H2,1-2H3. The molecule has 0 saturated carbocycles. The number of oxime groups is 1. The molecule has 1 amide bonds. The van der Waals surface area contributed by atoms with Crippen LogP contribution >= 0.6 is 0 Å². The van der Waals surface area contributed by atoms with E-state index in [1.54, 1.807) is 11.8 Å². The molecule has 1 aromatic rings. The van der Waals surface area contributed by atoms with Gasteiger partial charge in [-0.2, -0.15) is 4.31 Å². The fraction of sp³-hybridized carbons (Fsp3) is 0.500. The minimum absolute atomic E-state index is 0.148. The van der Waals surface area contributed by atoms with Gasteiger partial charge in [0, 0.05) is 32.6 Å². The second kappa shape index (κ2) is 6.18. The normalized spacial score (nSPS) is 25.2. The van der Waals surface area contributed by atoms with Crippen molar-refractivity contribution in [3.8, 4) is 0 Å². The molecule has 130 valence electrons. The van der Waals surface area contributed by atoms with Crippen LogP contribution in [0, 0.1) is 0 Å². The van der Waals surface area contributed by atoms with Gasteiger partial charge in [0.1, 0.15) is 0 Å². The van der Waals surface area contributed by atoms with Crippen LogP contribution in [0.1, 0.15) is 18.9 Å². The van der Waals surface area contributed by atoms with Gasteiger partial charge in [-0.05, 0) is 12.5 Å². The molecule has 1 unspecified atom stereocenters. The summed E-state index contributed by atoms with van der Waals surface area (Å²) in [5, 5.41) is 4.09. The first-order valence-corrected chi connectivity index (χ1v) is 9.69. The summed E-state index contributed by atoms with van der Waals surface area (Å²) in [4.78, 5) is 20.0. The topological polar surface area (TPSA) is 79.3 Å². The number of carbonyl (C=O) groups excluding carboxylic acids is 1. The van der Waals surface area contributed by atoms with E-state index in [4.69, 9.17) is 4.84 Å². The quantitative estimate of drug-likeness (QED) is 0.802. The number of benzene rings is 1. The fourth-order valence-electron chi connectivity index (χ4n) is 3.00. The van der Waals surface area contributed by atoms with Crippen LogP contribution in [0.5, 0.6) is 0 Å². The average molecular weight is 351 g/mol. The molecule has 1 atom stereocenters. The fourth-order valence-corrected chi connectivity index (χ4v) is 3.82. The summed E-state index contributed by atoms with van der Waals surface area (Å²) < 4.78 is 24.5. The highest BCUT2D eigenvalue weighted by Crippen LogP contribution is 2.29. The van der Waals surface area contributed by atoms with Gasteiger partial charge in [0.2, 0.25) is 15.6 Å². The molecule has 0 aliphatic carbocycles. The SMILES string of the molecule is CC1(C(=O)N2CCN(S(C)(=O)=O)CC2)CC(c2ccccc2)=NO1. The lowest BCUT2D eigenvalue weighted by molar-refractivity contribution is -0.154. The van der Waals surface area contributed by atoms with Crippen LogP contribution in [0.3, 0.4) is 0 Å². The van der Waals surface area contributed by atoms with Crippen LogP contribution in [0.4, 0.5) is 0 Å². The van der Waals surface area contributed by atoms with E-state index in [-0.39, 0.29) is 5.91 Å². The minimum Gasteiger partial charge on any atom is -0.379 e. The Bertz CT molecular complexity index is 755. The van der Waals surface area contributed by atoms with Gasteiger partial charge in [0.05, 0.1) is 12.0 Å². The van der Waals surface area contributed by atoms with E-state index in [2.05, 4.69) is 5.16 Å². The van der Waals surface area contributed by atoms with Crippen molar-refractivity contribution in [2.45, 2.75) is 18.9 Å². The second-order valence-electron chi connectivity index (χ2n) is 6.36. The highest BCUT2D eigenvalue weighted by atomic mass is 32.2. The summed E-state index contributed by atoms with van der Waals surface area (Å²) in [6.07, 6.45) is 1.59. The van der Waals surface area contributed by atoms with E-state index in [1.807, 2.05) is 30.3 Å². The summed E-state index contributed by atoms with van der Waals surface area (Å²) >= 11 is 0. The predicted molar refractivity (Wildman–Crippen MR) is 90.1 cm³/mol. The molecule has 2 aliphatic heterocycles. The van der Waals surface area contributed by atoms with Gasteiger partial charge in [0.15, 0.2) is 0 Å². The zero-order valence-electron chi connectivity index (χ0n) is 13.8. The average Bonchev–Trinajstić information content (AvgIpc) is 2.98. The Morgan fingerprint density at radius 3 is 2.38 bits per heavy atom. The number of amides is 1. The van der Waals surface area contributed by atoms with Gasteiger partial charge in [0.25, 0.3) is 5.91 Å². The number of hydrogen-bond acceptors (Lipinski definition) is 5. The van der Waals surface area contributed by atoms with Crippen molar-refractivity contribution in [2.75, 3.05) is 32.4 Å². The summed E-state index contributed by atoms with van der Waals surface area (Å²) in [6.45, 7) is 3.09. The lowest BCUT2D eigenvalue weighted by atomic mass is 9.94. The molecule has 3 rings (SSSR count). The Kier molecular flexibility index (Phi) is 4.35. The Morgan fingerprint density at radius 2 is 1.79 bits per heavy atom. The first kappa shape index (κ1) is 16.9. The molecule has 0 aromatic heterocycles. The van der Waals surface area contributed by atoms with Crippen molar-refractivity contribution in [3.05, 3.63) is 35.9 Å². The molecule has 2 heterocycles. The Morgan fingerprint density at radius 1 is 1.17 bits per heavy atom. The number of hydrogen-bond donors (Lipinski definition) is 0. The maximum Gasteiger partial charge on any atom is 0.269 e. The molecule has 0 bridgehead atoms. The van der Waals surface area contributed by atoms with Crippen LogP contribution in [0.25, 0.3) is 0 Å². The molecular formula is C16H21N3O4S. The monoisotopic (exact) mass is 351 g/mol. The van der Waals surface area contributed by atoms with E-state index >= 15 is 0 Å². The van der Waals surface area contributed by atoms with E-state index in [0.717, 1.165) is 11.3 Å². The van der Waals surface area contributed by atoms with Crippen LogP contribution in [-0.2, 0) is 19.7 Å². The third-order valence-electron chi connectivity index (χ3n) is 4.42. The van der Waals surface area contributed by atoms with Crippen molar-refractivity contribution in [2.24, 2.45) is 5.16 Å². The van der Waals surface area contributed by atoms with Gasteiger partial charge in [-0.15, -0.1) is 0 Å². The van der Waals surface area contributed by atoms with Crippen molar-refractivity contribution in [1.82, 2.24) is 9.21 Å². The largest absolute Gasteiger partial charge is 0.379 e. The summed E-state index contributed by atoms with van der Waals surface area (Å²) in [5.74, 6) is -0.148. The van der Waals surface area contributed by atoms with E-state index in [0.29, 0.717) is 32.6 Å². The third kappa shape index (κ3) is 3.29. The molecule has 0 spiro atoms.